The van der Waals surface area contributed by atoms with E-state index in [9.17, 15) is 4.79 Å². The van der Waals surface area contributed by atoms with Crippen molar-refractivity contribution in [2.75, 3.05) is 27.2 Å². The van der Waals surface area contributed by atoms with E-state index in [0.717, 1.165) is 6.54 Å². The molecule has 12 heavy (non-hydrogen) atoms. The van der Waals surface area contributed by atoms with Crippen LogP contribution in [0.2, 0.25) is 0 Å². The normalized spacial score (nSPS) is 7.92. The van der Waals surface area contributed by atoms with Gasteiger partial charge in [-0.3, -0.25) is 0 Å². The maximum absolute atomic E-state index is 10.4. The second-order valence-electron chi connectivity index (χ2n) is 2.33. The molecule has 0 aromatic rings. The first-order valence-corrected chi connectivity index (χ1v) is 3.25. The molecule has 0 unspecified atom stereocenters. The van der Waals surface area contributed by atoms with Crippen LogP contribution in [0.1, 0.15) is 0 Å². The molecule has 5 heteroatoms. The summed E-state index contributed by atoms with van der Waals surface area (Å²) < 4.78 is 4.72. The Labute approximate surface area is 86.6 Å². The van der Waals surface area contributed by atoms with Gasteiger partial charge in [-0.25, -0.2) is 4.79 Å². The highest BCUT2D eigenvalue weighted by molar-refractivity contribution is 7.59. The molecule has 0 spiro atoms. The minimum atomic E-state index is -0.346. The molecule has 0 saturated heterocycles. The van der Waals surface area contributed by atoms with Crippen molar-refractivity contribution >= 4 is 19.5 Å². The van der Waals surface area contributed by atoms with Gasteiger partial charge in [0.05, 0.1) is 14.1 Å². The van der Waals surface area contributed by atoms with Crippen LogP contribution in [0.25, 0.3) is 0 Å². The summed E-state index contributed by atoms with van der Waals surface area (Å²) in [7, 11) is 4.00. The number of likely N-dealkylation sites (N-methyl/N-ethyl adjacent to an activating group) is 1. The Morgan fingerprint density at radius 1 is 1.58 bits per heavy atom. The van der Waals surface area contributed by atoms with E-state index in [1.54, 1.807) is 0 Å². The van der Waals surface area contributed by atoms with E-state index >= 15 is 0 Å². The predicted molar refractivity (Wildman–Crippen MR) is 49.2 cm³/mol. The molecule has 3 nitrogen and oxygen atoms in total. The Kier molecular flexibility index (Phi) is 16.0. The number of ether oxygens (including phenoxy) is 1. The van der Waals surface area contributed by atoms with Gasteiger partial charge in [0.15, 0.2) is 0 Å². The minimum Gasteiger partial charge on any atom is -1.00 e. The number of esters is 1. The zero-order chi connectivity index (χ0) is 7.98. The summed E-state index contributed by atoms with van der Waals surface area (Å²) in [4.78, 5) is 11.7. The Hall–Kier alpha value is -0.190. The summed E-state index contributed by atoms with van der Waals surface area (Å²) in [5.74, 6) is -0.346. The number of hydrogen-bond acceptors (Lipinski definition) is 2. The topological polar surface area (TPSA) is 30.7 Å². The molecule has 0 fully saturated rings. The molecular formula is C7H16ClNO2S. The van der Waals surface area contributed by atoms with Crippen LogP contribution in [0.15, 0.2) is 12.7 Å². The van der Waals surface area contributed by atoms with Crippen LogP contribution >= 0.6 is 13.5 Å². The number of nitrogens with one attached hydrogen (secondary N) is 1. The molecular weight excluding hydrogens is 198 g/mol. The molecule has 0 atom stereocenters. The summed E-state index contributed by atoms with van der Waals surface area (Å²) >= 11 is 0. The number of carbonyl (C=O) groups is 1. The van der Waals surface area contributed by atoms with E-state index in [1.165, 1.54) is 11.0 Å². The van der Waals surface area contributed by atoms with Gasteiger partial charge in [0.25, 0.3) is 0 Å². The molecule has 0 rings (SSSR count). The van der Waals surface area contributed by atoms with Crippen molar-refractivity contribution in [2.24, 2.45) is 0 Å². The van der Waals surface area contributed by atoms with Crippen LogP contribution in [0, 0.1) is 0 Å². The summed E-state index contributed by atoms with van der Waals surface area (Å²) in [6.07, 6.45) is 1.17. The largest absolute Gasteiger partial charge is 1.00 e. The predicted octanol–water partition coefficient (Wildman–Crippen LogP) is -4.02. The molecule has 0 heterocycles. The first kappa shape index (κ1) is 17.8. The van der Waals surface area contributed by atoms with Crippen LogP contribution in [0.3, 0.4) is 0 Å². The van der Waals surface area contributed by atoms with Gasteiger partial charge in [0, 0.05) is 6.08 Å². The maximum Gasteiger partial charge on any atom is 0.330 e. The molecule has 0 aromatic carbocycles. The second kappa shape index (κ2) is 10.8. The Bertz CT molecular complexity index is 131. The molecule has 74 valence electrons. The third-order valence-corrected chi connectivity index (χ3v) is 1.01. The molecule has 0 aliphatic rings. The van der Waals surface area contributed by atoms with Crippen LogP contribution in [-0.2, 0) is 9.53 Å². The third-order valence-electron chi connectivity index (χ3n) is 1.01. The van der Waals surface area contributed by atoms with Crippen molar-refractivity contribution in [3.63, 3.8) is 0 Å². The molecule has 0 radical (unpaired) electrons. The van der Waals surface area contributed by atoms with E-state index in [2.05, 4.69) is 6.58 Å². The van der Waals surface area contributed by atoms with Crippen molar-refractivity contribution < 1.29 is 26.8 Å². The minimum absolute atomic E-state index is 0. The van der Waals surface area contributed by atoms with Crippen LogP contribution in [0.5, 0.6) is 0 Å². The lowest BCUT2D eigenvalue weighted by Crippen LogP contribution is -3.06. The number of hydrogen-bond donors (Lipinski definition) is 1. The smallest absolute Gasteiger partial charge is 0.330 e. The molecule has 0 amide bonds. The van der Waals surface area contributed by atoms with Gasteiger partial charge < -0.3 is 22.0 Å². The number of rotatable bonds is 4. The summed E-state index contributed by atoms with van der Waals surface area (Å²) in [6, 6.07) is 0. The fourth-order valence-corrected chi connectivity index (χ4v) is 0.415. The lowest BCUT2D eigenvalue weighted by Gasteiger charge is -2.05. The quantitative estimate of drug-likeness (QED) is 0.381. The lowest BCUT2D eigenvalue weighted by atomic mass is 10.6. The standard InChI is InChI=1S/C7H13NO2.ClH.H2S/c1-4-7(9)10-6-5-8(2)3;;/h4H,1,5-6H2,2-3H3;1H;1H2. The van der Waals surface area contributed by atoms with Gasteiger partial charge in [-0.1, -0.05) is 6.58 Å². The van der Waals surface area contributed by atoms with Crippen LogP contribution < -0.4 is 17.3 Å². The van der Waals surface area contributed by atoms with Gasteiger partial charge in [0.2, 0.25) is 0 Å². The van der Waals surface area contributed by atoms with Gasteiger partial charge in [-0.2, -0.15) is 13.5 Å². The van der Waals surface area contributed by atoms with Crippen molar-refractivity contribution in [3.05, 3.63) is 12.7 Å². The number of carbonyl (C=O) groups excluding carboxylic acids is 1. The van der Waals surface area contributed by atoms with E-state index in [0.29, 0.717) is 6.61 Å². The van der Waals surface area contributed by atoms with Crippen LogP contribution in [0.4, 0.5) is 0 Å². The lowest BCUT2D eigenvalue weighted by molar-refractivity contribution is -0.858. The molecule has 0 aromatic heterocycles. The van der Waals surface area contributed by atoms with Crippen molar-refractivity contribution in [2.45, 2.75) is 0 Å². The monoisotopic (exact) mass is 213 g/mol. The molecule has 1 N–H and O–H groups in total. The van der Waals surface area contributed by atoms with E-state index in [-0.39, 0.29) is 31.9 Å². The van der Waals surface area contributed by atoms with Gasteiger partial charge in [0.1, 0.15) is 13.2 Å². The molecule has 0 aliphatic heterocycles. The molecule has 0 aliphatic carbocycles. The number of halogens is 1. The number of quaternary nitrogens is 1. The fourth-order valence-electron chi connectivity index (χ4n) is 0.415. The SMILES string of the molecule is C=CC(=O)OCC[NH+](C)C.S.[Cl-]. The summed E-state index contributed by atoms with van der Waals surface area (Å²) in [5.41, 5.74) is 0. The van der Waals surface area contributed by atoms with Gasteiger partial charge in [-0.15, -0.1) is 0 Å². The zero-order valence-electron chi connectivity index (χ0n) is 7.39. The van der Waals surface area contributed by atoms with Gasteiger partial charge >= 0.3 is 5.97 Å². The fraction of sp³-hybridized carbons (Fsp3) is 0.571. The Balaban J connectivity index is -0.000000405. The van der Waals surface area contributed by atoms with E-state index < -0.39 is 0 Å². The Morgan fingerprint density at radius 2 is 2.08 bits per heavy atom. The highest BCUT2D eigenvalue weighted by atomic mass is 35.5. The summed E-state index contributed by atoms with van der Waals surface area (Å²) in [5, 5.41) is 0. The van der Waals surface area contributed by atoms with E-state index in [1.807, 2.05) is 14.1 Å². The van der Waals surface area contributed by atoms with Crippen molar-refractivity contribution in [3.8, 4) is 0 Å². The average molecular weight is 214 g/mol. The van der Waals surface area contributed by atoms with Gasteiger partial charge in [-0.05, 0) is 0 Å². The maximum atomic E-state index is 10.4. The summed E-state index contributed by atoms with van der Waals surface area (Å²) in [6.45, 7) is 4.58. The Morgan fingerprint density at radius 3 is 2.42 bits per heavy atom. The zero-order valence-corrected chi connectivity index (χ0v) is 9.15. The van der Waals surface area contributed by atoms with Crippen molar-refractivity contribution in [1.82, 2.24) is 0 Å². The first-order valence-electron chi connectivity index (χ1n) is 3.25. The third kappa shape index (κ3) is 12.5. The van der Waals surface area contributed by atoms with Crippen LogP contribution in [-0.4, -0.2) is 33.2 Å². The molecule has 0 saturated carbocycles. The highest BCUT2D eigenvalue weighted by Gasteiger charge is 1.96. The average Bonchev–Trinajstić information content (AvgIpc) is 1.87. The highest BCUT2D eigenvalue weighted by Crippen LogP contribution is 1.74. The first-order chi connectivity index (χ1) is 4.66. The van der Waals surface area contributed by atoms with Crippen molar-refractivity contribution in [1.29, 1.82) is 0 Å². The van der Waals surface area contributed by atoms with E-state index in [4.69, 9.17) is 4.74 Å². The molecule has 0 bridgehead atoms. The second-order valence-corrected chi connectivity index (χ2v) is 2.33.